The number of carbonyl (C=O) groups excluding carboxylic acids is 1. The zero-order valence-electron chi connectivity index (χ0n) is 8.67. The lowest BCUT2D eigenvalue weighted by Gasteiger charge is -2.25. The Bertz CT molecular complexity index is 436. The van der Waals surface area contributed by atoms with Crippen LogP contribution >= 0.6 is 0 Å². The summed E-state index contributed by atoms with van der Waals surface area (Å²) in [5.74, 6) is -0.0287. The van der Waals surface area contributed by atoms with Gasteiger partial charge in [-0.1, -0.05) is 0 Å². The van der Waals surface area contributed by atoms with Crippen LogP contribution in [0.3, 0.4) is 0 Å². The van der Waals surface area contributed by atoms with Gasteiger partial charge in [-0.2, -0.15) is 0 Å². The molecule has 1 aliphatic carbocycles. The van der Waals surface area contributed by atoms with Crippen LogP contribution in [0.4, 0.5) is 0 Å². The summed E-state index contributed by atoms with van der Waals surface area (Å²) in [6, 6.07) is 3.38. The summed E-state index contributed by atoms with van der Waals surface area (Å²) >= 11 is 0. The van der Waals surface area contributed by atoms with E-state index in [1.54, 1.807) is 0 Å². The van der Waals surface area contributed by atoms with Crippen molar-refractivity contribution in [2.75, 3.05) is 0 Å². The molecule has 80 valence electrons. The first-order valence-corrected chi connectivity index (χ1v) is 5.16. The highest BCUT2D eigenvalue weighted by molar-refractivity contribution is 5.73. The molecule has 1 aromatic heterocycles. The van der Waals surface area contributed by atoms with Gasteiger partial charge in [-0.3, -0.25) is 9.59 Å². The van der Waals surface area contributed by atoms with Crippen molar-refractivity contribution in [1.29, 1.82) is 0 Å². The largest absolute Gasteiger partial charge is 0.349 e. The molecule has 1 atom stereocenters. The molecule has 0 saturated heterocycles. The van der Waals surface area contributed by atoms with Gasteiger partial charge in [0, 0.05) is 18.7 Å². The van der Waals surface area contributed by atoms with Crippen molar-refractivity contribution in [3.63, 3.8) is 0 Å². The highest BCUT2D eigenvalue weighted by Gasteiger charge is 2.20. The van der Waals surface area contributed by atoms with Crippen LogP contribution in [0.2, 0.25) is 0 Å². The average molecular weight is 206 g/mol. The fourth-order valence-corrected chi connectivity index (χ4v) is 2.10. The lowest BCUT2D eigenvalue weighted by molar-refractivity contribution is -0.119. The number of amides is 1. The molecule has 1 aliphatic rings. The van der Waals surface area contributed by atoms with E-state index in [-0.39, 0.29) is 17.5 Å². The second kappa shape index (κ2) is 3.88. The van der Waals surface area contributed by atoms with E-state index in [1.165, 1.54) is 13.0 Å². The number of aromatic amines is 1. The third-order valence-corrected chi connectivity index (χ3v) is 2.71. The molecule has 1 heterocycles. The lowest BCUT2D eigenvalue weighted by Crippen LogP contribution is -2.30. The molecule has 2 N–H and O–H groups in total. The van der Waals surface area contributed by atoms with Crippen LogP contribution in [0.1, 0.15) is 37.1 Å². The molecule has 0 fully saturated rings. The molecular formula is C11H14N2O2. The van der Waals surface area contributed by atoms with E-state index in [0.717, 1.165) is 30.5 Å². The normalized spacial score (nSPS) is 19.4. The summed E-state index contributed by atoms with van der Waals surface area (Å²) in [7, 11) is 0. The van der Waals surface area contributed by atoms with Crippen LogP contribution in [0, 0.1) is 0 Å². The predicted molar refractivity (Wildman–Crippen MR) is 56.6 cm³/mol. The Kier molecular flexibility index (Phi) is 2.58. The van der Waals surface area contributed by atoms with Crippen LogP contribution in [-0.2, 0) is 11.2 Å². The predicted octanol–water partition coefficient (Wildman–Crippen LogP) is 0.888. The lowest BCUT2D eigenvalue weighted by atomic mass is 9.91. The van der Waals surface area contributed by atoms with E-state index in [4.69, 9.17) is 0 Å². The Labute approximate surface area is 87.7 Å². The molecule has 1 unspecified atom stereocenters. The van der Waals surface area contributed by atoms with Crippen molar-refractivity contribution >= 4 is 5.91 Å². The number of H-pyrrole nitrogens is 1. The minimum Gasteiger partial charge on any atom is -0.349 e. The van der Waals surface area contributed by atoms with Crippen LogP contribution in [-0.4, -0.2) is 10.9 Å². The van der Waals surface area contributed by atoms with Gasteiger partial charge >= 0.3 is 0 Å². The van der Waals surface area contributed by atoms with Gasteiger partial charge in [-0.15, -0.1) is 0 Å². The Morgan fingerprint density at radius 1 is 1.53 bits per heavy atom. The van der Waals surface area contributed by atoms with E-state index < -0.39 is 0 Å². The Balaban J connectivity index is 2.34. The molecule has 1 aromatic rings. The first kappa shape index (κ1) is 9.96. The Morgan fingerprint density at radius 2 is 2.33 bits per heavy atom. The molecular weight excluding hydrogens is 192 g/mol. The second-order valence-corrected chi connectivity index (χ2v) is 3.90. The number of hydrogen-bond acceptors (Lipinski definition) is 2. The van der Waals surface area contributed by atoms with Gasteiger partial charge in [-0.25, -0.2) is 0 Å². The molecule has 1 amide bonds. The van der Waals surface area contributed by atoms with Crippen LogP contribution in [0.15, 0.2) is 16.9 Å². The van der Waals surface area contributed by atoms with E-state index in [1.807, 2.05) is 6.07 Å². The number of nitrogens with one attached hydrogen (secondary N) is 2. The summed E-state index contributed by atoms with van der Waals surface area (Å²) in [5, 5.41) is 2.90. The number of fused-ring (bicyclic) bond motifs is 1. The number of hydrogen-bond donors (Lipinski definition) is 2. The second-order valence-electron chi connectivity index (χ2n) is 3.90. The van der Waals surface area contributed by atoms with Gasteiger partial charge < -0.3 is 10.3 Å². The van der Waals surface area contributed by atoms with Crippen molar-refractivity contribution in [3.8, 4) is 0 Å². The molecule has 0 bridgehead atoms. The summed E-state index contributed by atoms with van der Waals surface area (Å²) in [5.41, 5.74) is 1.95. The summed E-state index contributed by atoms with van der Waals surface area (Å²) in [4.78, 5) is 25.0. The molecule has 4 heteroatoms. The third kappa shape index (κ3) is 2.09. The zero-order valence-corrected chi connectivity index (χ0v) is 8.67. The molecule has 15 heavy (non-hydrogen) atoms. The van der Waals surface area contributed by atoms with E-state index in [9.17, 15) is 9.59 Å². The van der Waals surface area contributed by atoms with Gasteiger partial charge in [0.25, 0.3) is 0 Å². The maximum absolute atomic E-state index is 11.1. The van der Waals surface area contributed by atoms with E-state index in [2.05, 4.69) is 10.3 Å². The van der Waals surface area contributed by atoms with Gasteiger partial charge in [-0.05, 0) is 30.9 Å². The Hall–Kier alpha value is -1.58. The first-order valence-electron chi connectivity index (χ1n) is 5.16. The number of aromatic nitrogens is 1. The van der Waals surface area contributed by atoms with Crippen molar-refractivity contribution in [1.82, 2.24) is 10.3 Å². The van der Waals surface area contributed by atoms with Crippen molar-refractivity contribution in [3.05, 3.63) is 33.7 Å². The van der Waals surface area contributed by atoms with Crippen molar-refractivity contribution in [2.24, 2.45) is 0 Å². The van der Waals surface area contributed by atoms with Crippen molar-refractivity contribution in [2.45, 2.75) is 32.2 Å². The van der Waals surface area contributed by atoms with Crippen LogP contribution < -0.4 is 10.9 Å². The maximum Gasteiger partial charge on any atom is 0.248 e. The highest BCUT2D eigenvalue weighted by Crippen LogP contribution is 2.27. The number of pyridine rings is 1. The fourth-order valence-electron chi connectivity index (χ4n) is 2.10. The first-order chi connectivity index (χ1) is 7.16. The Morgan fingerprint density at radius 3 is 3.07 bits per heavy atom. The smallest absolute Gasteiger partial charge is 0.248 e. The number of aryl methyl sites for hydroxylation is 1. The number of rotatable bonds is 1. The van der Waals surface area contributed by atoms with E-state index in [0.29, 0.717) is 0 Å². The van der Waals surface area contributed by atoms with Gasteiger partial charge in [0.15, 0.2) is 0 Å². The van der Waals surface area contributed by atoms with Crippen molar-refractivity contribution < 1.29 is 4.79 Å². The van der Waals surface area contributed by atoms with Gasteiger partial charge in [0.05, 0.1) is 6.04 Å². The zero-order chi connectivity index (χ0) is 10.8. The molecule has 0 radical (unpaired) electrons. The minimum absolute atomic E-state index is 0.0287. The SMILES string of the molecule is CC(=O)NC1CCCc2[nH]c(=O)ccc21. The number of carbonyl (C=O) groups is 1. The molecule has 2 rings (SSSR count). The molecule has 0 aromatic carbocycles. The molecule has 0 spiro atoms. The third-order valence-electron chi connectivity index (χ3n) is 2.71. The van der Waals surface area contributed by atoms with E-state index >= 15 is 0 Å². The topological polar surface area (TPSA) is 62.0 Å². The van der Waals surface area contributed by atoms with Gasteiger partial charge in [0.2, 0.25) is 11.5 Å². The minimum atomic E-state index is -0.0720. The fraction of sp³-hybridized carbons (Fsp3) is 0.455. The van der Waals surface area contributed by atoms with Crippen LogP contribution in [0.5, 0.6) is 0 Å². The molecule has 4 nitrogen and oxygen atoms in total. The summed E-state index contributed by atoms with van der Waals surface area (Å²) in [6.07, 6.45) is 2.83. The maximum atomic E-state index is 11.1. The summed E-state index contributed by atoms with van der Waals surface area (Å²) < 4.78 is 0. The monoisotopic (exact) mass is 206 g/mol. The standard InChI is InChI=1S/C11H14N2O2/c1-7(14)12-9-3-2-4-10-8(9)5-6-11(15)13-10/h5-6,9H,2-4H2,1H3,(H,12,14)(H,13,15). The average Bonchev–Trinajstić information content (AvgIpc) is 2.16. The quantitative estimate of drug-likeness (QED) is 0.716. The molecule has 0 aliphatic heterocycles. The highest BCUT2D eigenvalue weighted by atomic mass is 16.1. The van der Waals surface area contributed by atoms with Crippen LogP contribution in [0.25, 0.3) is 0 Å². The van der Waals surface area contributed by atoms with Gasteiger partial charge in [0.1, 0.15) is 0 Å². The molecule has 0 saturated carbocycles. The summed E-state index contributed by atoms with van der Waals surface area (Å²) in [6.45, 7) is 1.51.